The number of carboxylic acid groups (broad SMARTS) is 1. The van der Waals surface area contributed by atoms with E-state index in [1.807, 2.05) is 0 Å². The third-order valence-corrected chi connectivity index (χ3v) is 2.25. The number of nitrogens with zero attached hydrogens (tertiary/aromatic N) is 1. The molecule has 6 heteroatoms. The molecule has 16 heavy (non-hydrogen) atoms. The van der Waals surface area contributed by atoms with Gasteiger partial charge in [-0.05, 0) is 6.07 Å². The Morgan fingerprint density at radius 1 is 1.44 bits per heavy atom. The van der Waals surface area contributed by atoms with Gasteiger partial charge >= 0.3 is 5.97 Å². The lowest BCUT2D eigenvalue weighted by Gasteiger charge is -2.00. The van der Waals surface area contributed by atoms with E-state index < -0.39 is 17.5 Å². The van der Waals surface area contributed by atoms with E-state index in [0.29, 0.717) is 0 Å². The van der Waals surface area contributed by atoms with Gasteiger partial charge in [0.05, 0.1) is 5.56 Å². The van der Waals surface area contributed by atoms with Gasteiger partial charge in [-0.2, -0.15) is 0 Å². The summed E-state index contributed by atoms with van der Waals surface area (Å²) in [6, 6.07) is 5.65. The first-order valence-corrected chi connectivity index (χ1v) is 4.62. The van der Waals surface area contributed by atoms with E-state index in [1.54, 1.807) is 6.07 Å². The molecule has 0 spiro atoms. The largest absolute Gasteiger partial charge is 0.475 e. The molecule has 4 nitrogen and oxygen atoms in total. The molecular weight excluding hydrogens is 237 g/mol. The van der Waals surface area contributed by atoms with Crippen molar-refractivity contribution in [3.05, 3.63) is 41.0 Å². The van der Waals surface area contributed by atoms with Crippen molar-refractivity contribution in [2.45, 2.75) is 0 Å². The third kappa shape index (κ3) is 1.65. The van der Waals surface area contributed by atoms with Crippen LogP contribution in [0.2, 0.25) is 5.15 Å². The number of benzene rings is 1. The van der Waals surface area contributed by atoms with E-state index in [1.165, 1.54) is 18.2 Å². The Morgan fingerprint density at radius 2 is 2.12 bits per heavy atom. The van der Waals surface area contributed by atoms with Crippen LogP contribution in [0.5, 0.6) is 0 Å². The molecule has 1 N–H and O–H groups in total. The van der Waals surface area contributed by atoms with Crippen molar-refractivity contribution in [2.75, 3.05) is 0 Å². The fourth-order valence-corrected chi connectivity index (χ4v) is 1.54. The number of halogens is 2. The number of hydrogen-bond acceptors (Lipinski definition) is 3. The van der Waals surface area contributed by atoms with Crippen molar-refractivity contribution in [1.82, 2.24) is 5.16 Å². The van der Waals surface area contributed by atoms with Crippen LogP contribution >= 0.6 is 11.6 Å². The Hall–Kier alpha value is -1.88. The molecule has 0 radical (unpaired) electrons. The van der Waals surface area contributed by atoms with Crippen LogP contribution in [0.1, 0.15) is 10.6 Å². The quantitative estimate of drug-likeness (QED) is 0.878. The maximum atomic E-state index is 13.5. The molecule has 0 atom stereocenters. The van der Waals surface area contributed by atoms with Crippen LogP contribution < -0.4 is 0 Å². The van der Waals surface area contributed by atoms with Crippen molar-refractivity contribution < 1.29 is 18.8 Å². The van der Waals surface area contributed by atoms with E-state index >= 15 is 0 Å². The van der Waals surface area contributed by atoms with E-state index in [2.05, 4.69) is 9.68 Å². The first kappa shape index (κ1) is 10.6. The lowest BCUT2D eigenvalue weighted by atomic mass is 10.1. The van der Waals surface area contributed by atoms with Crippen LogP contribution in [-0.2, 0) is 0 Å². The first-order chi connectivity index (χ1) is 7.61. The molecule has 0 saturated heterocycles. The van der Waals surface area contributed by atoms with Crippen LogP contribution in [-0.4, -0.2) is 16.2 Å². The average molecular weight is 242 g/mol. The minimum Gasteiger partial charge on any atom is -0.475 e. The van der Waals surface area contributed by atoms with Gasteiger partial charge in [0.25, 0.3) is 5.76 Å². The summed E-state index contributed by atoms with van der Waals surface area (Å²) in [4.78, 5) is 10.8. The fourth-order valence-electron chi connectivity index (χ4n) is 1.31. The summed E-state index contributed by atoms with van der Waals surface area (Å²) >= 11 is 5.66. The van der Waals surface area contributed by atoms with Gasteiger partial charge in [-0.1, -0.05) is 35.0 Å². The second-order valence-electron chi connectivity index (χ2n) is 2.96. The summed E-state index contributed by atoms with van der Waals surface area (Å²) in [6.45, 7) is 0. The fraction of sp³-hybridized carbons (Fsp3) is 0. The molecule has 0 unspecified atom stereocenters. The highest BCUT2D eigenvalue weighted by Crippen LogP contribution is 2.32. The predicted octanol–water partition coefficient (Wildman–Crippen LogP) is 2.83. The predicted molar refractivity (Wildman–Crippen MR) is 53.9 cm³/mol. The molecule has 0 aliphatic rings. The van der Waals surface area contributed by atoms with E-state index in [-0.39, 0.29) is 16.3 Å². The Labute approximate surface area is 94.2 Å². The average Bonchev–Trinajstić information content (AvgIpc) is 2.61. The van der Waals surface area contributed by atoms with Crippen molar-refractivity contribution in [3.8, 4) is 11.1 Å². The Bertz CT molecular complexity index is 553. The highest BCUT2D eigenvalue weighted by molar-refractivity contribution is 6.32. The van der Waals surface area contributed by atoms with E-state index in [9.17, 15) is 9.18 Å². The van der Waals surface area contributed by atoms with Gasteiger partial charge < -0.3 is 9.63 Å². The number of aromatic carboxylic acids is 1. The van der Waals surface area contributed by atoms with Gasteiger partial charge in [-0.25, -0.2) is 9.18 Å². The Morgan fingerprint density at radius 3 is 2.75 bits per heavy atom. The number of carboxylic acids is 1. The lowest BCUT2D eigenvalue weighted by Crippen LogP contribution is -1.97. The summed E-state index contributed by atoms with van der Waals surface area (Å²) in [6.07, 6.45) is 0. The molecule has 2 rings (SSSR count). The van der Waals surface area contributed by atoms with Crippen LogP contribution in [0.25, 0.3) is 11.1 Å². The minimum absolute atomic E-state index is 0.0474. The van der Waals surface area contributed by atoms with Crippen LogP contribution in [0.4, 0.5) is 4.39 Å². The molecule has 0 bridgehead atoms. The molecule has 1 aromatic carbocycles. The monoisotopic (exact) mass is 241 g/mol. The molecular formula is C10H5ClFNO3. The van der Waals surface area contributed by atoms with Crippen LogP contribution in [0.15, 0.2) is 28.8 Å². The normalized spacial score (nSPS) is 10.4. The summed E-state index contributed by atoms with van der Waals surface area (Å²) in [5.41, 5.74) is -0.00147. The Kier molecular flexibility index (Phi) is 2.62. The zero-order chi connectivity index (χ0) is 11.7. The zero-order valence-electron chi connectivity index (χ0n) is 7.78. The van der Waals surface area contributed by atoms with Crippen LogP contribution in [0, 0.1) is 5.82 Å². The molecule has 0 fully saturated rings. The molecule has 0 aliphatic carbocycles. The first-order valence-electron chi connectivity index (χ1n) is 4.24. The van der Waals surface area contributed by atoms with E-state index in [0.717, 1.165) is 0 Å². The standard InChI is InChI=1S/C10H5ClFNO3/c11-9-7(8(10(14)15)16-13-9)5-3-1-2-4-6(5)12/h1-4H,(H,14,15). The molecule has 1 heterocycles. The van der Waals surface area contributed by atoms with Gasteiger partial charge in [0.15, 0.2) is 5.15 Å². The molecule has 0 amide bonds. The van der Waals surface area contributed by atoms with Gasteiger partial charge in [0.2, 0.25) is 0 Å². The third-order valence-electron chi connectivity index (χ3n) is 1.99. The van der Waals surface area contributed by atoms with Gasteiger partial charge in [-0.15, -0.1) is 0 Å². The highest BCUT2D eigenvalue weighted by Gasteiger charge is 2.23. The summed E-state index contributed by atoms with van der Waals surface area (Å²) in [5, 5.41) is 11.9. The number of rotatable bonds is 2. The lowest BCUT2D eigenvalue weighted by molar-refractivity contribution is 0.0653. The molecule has 2 aromatic rings. The van der Waals surface area contributed by atoms with Crippen LogP contribution in [0.3, 0.4) is 0 Å². The molecule has 0 aliphatic heterocycles. The molecule has 0 saturated carbocycles. The number of carbonyl (C=O) groups is 1. The van der Waals surface area contributed by atoms with Gasteiger partial charge in [-0.3, -0.25) is 0 Å². The highest BCUT2D eigenvalue weighted by atomic mass is 35.5. The summed E-state index contributed by atoms with van der Waals surface area (Å²) in [7, 11) is 0. The second kappa shape index (κ2) is 3.94. The van der Waals surface area contributed by atoms with Crippen molar-refractivity contribution in [1.29, 1.82) is 0 Å². The smallest absolute Gasteiger partial charge is 0.375 e. The maximum absolute atomic E-state index is 13.5. The Balaban J connectivity index is 2.68. The number of hydrogen-bond donors (Lipinski definition) is 1. The molecule has 1 aromatic heterocycles. The topological polar surface area (TPSA) is 63.3 Å². The van der Waals surface area contributed by atoms with Gasteiger partial charge in [0, 0.05) is 5.56 Å². The zero-order valence-corrected chi connectivity index (χ0v) is 8.53. The van der Waals surface area contributed by atoms with Gasteiger partial charge in [0.1, 0.15) is 5.82 Å². The van der Waals surface area contributed by atoms with Crippen molar-refractivity contribution in [2.24, 2.45) is 0 Å². The van der Waals surface area contributed by atoms with Crippen molar-refractivity contribution >= 4 is 17.6 Å². The summed E-state index contributed by atoms with van der Waals surface area (Å²) < 4.78 is 18.0. The minimum atomic E-state index is -1.35. The SMILES string of the molecule is O=C(O)c1onc(Cl)c1-c1ccccc1F. The maximum Gasteiger partial charge on any atom is 0.375 e. The number of aromatic nitrogens is 1. The summed E-state index contributed by atoms with van der Waals surface area (Å²) in [5.74, 6) is -2.41. The second-order valence-corrected chi connectivity index (χ2v) is 3.32. The van der Waals surface area contributed by atoms with Crippen molar-refractivity contribution in [3.63, 3.8) is 0 Å². The van der Waals surface area contributed by atoms with E-state index in [4.69, 9.17) is 16.7 Å². The molecule has 82 valence electrons.